The van der Waals surface area contributed by atoms with E-state index in [0.717, 1.165) is 44.0 Å². The predicted molar refractivity (Wildman–Crippen MR) is 207 cm³/mol. The van der Waals surface area contributed by atoms with Gasteiger partial charge in [-0.25, -0.2) is 9.97 Å². The smallest absolute Gasteiger partial charge is 0.162 e. The highest BCUT2D eigenvalue weighted by Gasteiger charge is 2.26. The molecular formula is C46H27N3O. The maximum atomic E-state index is 7.00. The van der Waals surface area contributed by atoms with Gasteiger partial charge in [-0.2, -0.15) is 0 Å². The first-order valence-electron chi connectivity index (χ1n) is 16.9. The molecule has 11 rings (SSSR count). The first-order valence-corrected chi connectivity index (χ1v) is 16.9. The lowest BCUT2D eigenvalue weighted by atomic mass is 9.94. The minimum atomic E-state index is 0.648. The Hall–Kier alpha value is -6.78. The monoisotopic (exact) mass is 637 g/mol. The van der Waals surface area contributed by atoms with Gasteiger partial charge in [0.15, 0.2) is 5.82 Å². The average molecular weight is 638 g/mol. The van der Waals surface area contributed by atoms with Crippen LogP contribution in [0.5, 0.6) is 0 Å². The molecule has 0 saturated heterocycles. The second-order valence-electron chi connectivity index (χ2n) is 12.9. The Morgan fingerprint density at radius 3 is 1.68 bits per heavy atom. The summed E-state index contributed by atoms with van der Waals surface area (Å²) in [4.78, 5) is 9.23. The fourth-order valence-corrected chi connectivity index (χ4v) is 8.20. The number of nitrogens with zero attached hydrogens (tertiary/aromatic N) is 3. The van der Waals surface area contributed by atoms with Crippen LogP contribution >= 0.6 is 0 Å². The second-order valence-corrected chi connectivity index (χ2v) is 12.9. The minimum Gasteiger partial charge on any atom is -0.455 e. The molecule has 0 atom stereocenters. The van der Waals surface area contributed by atoms with Gasteiger partial charge in [0.2, 0.25) is 0 Å². The zero-order chi connectivity index (χ0) is 32.8. The van der Waals surface area contributed by atoms with Crippen LogP contribution in [0.25, 0.3) is 104 Å². The molecule has 0 unspecified atom stereocenters. The first-order chi connectivity index (χ1) is 24.8. The molecule has 8 aromatic carbocycles. The van der Waals surface area contributed by atoms with Crippen molar-refractivity contribution in [1.29, 1.82) is 0 Å². The summed E-state index contributed by atoms with van der Waals surface area (Å²) in [7, 11) is 0. The van der Waals surface area contributed by atoms with Crippen molar-refractivity contribution in [3.8, 4) is 28.2 Å². The Labute approximate surface area is 286 Å². The summed E-state index contributed by atoms with van der Waals surface area (Å²) < 4.78 is 9.50. The molecular weight excluding hydrogens is 611 g/mol. The molecule has 0 N–H and O–H groups in total. The van der Waals surface area contributed by atoms with Crippen molar-refractivity contribution < 1.29 is 4.42 Å². The Kier molecular flexibility index (Phi) is 5.63. The van der Waals surface area contributed by atoms with Crippen molar-refractivity contribution in [2.24, 2.45) is 0 Å². The van der Waals surface area contributed by atoms with Gasteiger partial charge in [0.1, 0.15) is 11.2 Å². The predicted octanol–water partition coefficient (Wildman–Crippen LogP) is 12.3. The molecule has 0 bridgehead atoms. The molecule has 50 heavy (non-hydrogen) atoms. The van der Waals surface area contributed by atoms with Crippen molar-refractivity contribution in [2.75, 3.05) is 0 Å². The van der Waals surface area contributed by atoms with Gasteiger partial charge in [-0.1, -0.05) is 127 Å². The summed E-state index contributed by atoms with van der Waals surface area (Å²) in [6.07, 6.45) is 3.57. The topological polar surface area (TPSA) is 43.9 Å². The van der Waals surface area contributed by atoms with E-state index in [-0.39, 0.29) is 0 Å². The number of benzene rings is 8. The number of aromatic nitrogens is 3. The highest BCUT2D eigenvalue weighted by Crippen LogP contribution is 2.50. The lowest BCUT2D eigenvalue weighted by Gasteiger charge is -2.13. The van der Waals surface area contributed by atoms with E-state index >= 15 is 0 Å². The van der Waals surface area contributed by atoms with Crippen molar-refractivity contribution in [3.63, 3.8) is 0 Å². The molecule has 0 aliphatic heterocycles. The Balaban J connectivity index is 1.41. The Morgan fingerprint density at radius 1 is 0.380 bits per heavy atom. The van der Waals surface area contributed by atoms with Crippen molar-refractivity contribution in [2.45, 2.75) is 0 Å². The van der Waals surface area contributed by atoms with Crippen molar-refractivity contribution in [3.05, 3.63) is 164 Å². The van der Waals surface area contributed by atoms with E-state index in [1.54, 1.807) is 12.4 Å². The van der Waals surface area contributed by atoms with Crippen LogP contribution in [0.4, 0.5) is 0 Å². The average Bonchev–Trinajstić information content (AvgIpc) is 3.76. The van der Waals surface area contributed by atoms with E-state index in [2.05, 4.69) is 160 Å². The van der Waals surface area contributed by atoms with E-state index in [9.17, 15) is 0 Å². The Bertz CT molecular complexity index is 3120. The van der Waals surface area contributed by atoms with Crippen LogP contribution < -0.4 is 0 Å². The molecule has 0 spiro atoms. The van der Waals surface area contributed by atoms with E-state index in [0.29, 0.717) is 5.82 Å². The maximum absolute atomic E-state index is 7.00. The van der Waals surface area contributed by atoms with Gasteiger partial charge in [0.25, 0.3) is 0 Å². The first kappa shape index (κ1) is 27.2. The summed E-state index contributed by atoms with van der Waals surface area (Å²) in [5.41, 5.74) is 8.42. The van der Waals surface area contributed by atoms with Crippen LogP contribution in [-0.2, 0) is 0 Å². The van der Waals surface area contributed by atoms with Gasteiger partial charge < -0.3 is 8.98 Å². The standard InChI is InChI=1S/C46H27N3O/c1-2-12-28(13-3-1)29-22-24-30(25-23-29)49-42-34-17-7-5-15-32(34)31-14-4-6-16-33(31)39(42)41-40-37-20-10-21-38(46-47-26-11-27-48-46)44(37)50-45(40)36-19-9-8-18-35(36)43(41)49/h1-27H. The van der Waals surface area contributed by atoms with E-state index in [1.807, 2.05) is 6.07 Å². The van der Waals surface area contributed by atoms with E-state index in [4.69, 9.17) is 4.42 Å². The summed E-state index contributed by atoms with van der Waals surface area (Å²) >= 11 is 0. The summed E-state index contributed by atoms with van der Waals surface area (Å²) in [6, 6.07) is 54.1. The van der Waals surface area contributed by atoms with E-state index < -0.39 is 0 Å². The normalized spacial score (nSPS) is 12.0. The fourth-order valence-electron chi connectivity index (χ4n) is 8.20. The number of para-hydroxylation sites is 1. The van der Waals surface area contributed by atoms with Crippen LogP contribution in [0.2, 0.25) is 0 Å². The lowest BCUT2D eigenvalue weighted by molar-refractivity contribution is 0.673. The van der Waals surface area contributed by atoms with Crippen LogP contribution in [-0.4, -0.2) is 14.5 Å². The molecule has 0 aliphatic carbocycles. The molecule has 3 aromatic heterocycles. The fraction of sp³-hybridized carbons (Fsp3) is 0. The van der Waals surface area contributed by atoms with Crippen LogP contribution in [0.15, 0.2) is 168 Å². The third-order valence-electron chi connectivity index (χ3n) is 10.3. The van der Waals surface area contributed by atoms with Crippen LogP contribution in [0, 0.1) is 0 Å². The number of hydrogen-bond donors (Lipinski definition) is 0. The van der Waals surface area contributed by atoms with E-state index in [1.165, 1.54) is 54.5 Å². The number of rotatable bonds is 3. The molecule has 3 heterocycles. The SMILES string of the molecule is c1ccc(-c2ccc(-n3c4c5ccccc5c5ccccc5c4c4c5c6cccc(-c7ncccn7)c6oc5c5ccccc5c43)cc2)cc1. The third-order valence-corrected chi connectivity index (χ3v) is 10.3. The molecule has 0 saturated carbocycles. The van der Waals surface area contributed by atoms with Crippen LogP contribution in [0.1, 0.15) is 0 Å². The van der Waals surface area contributed by atoms with Crippen LogP contribution in [0.3, 0.4) is 0 Å². The summed E-state index contributed by atoms with van der Waals surface area (Å²) in [5.74, 6) is 0.648. The Morgan fingerprint density at radius 2 is 0.940 bits per heavy atom. The molecule has 0 aliphatic rings. The van der Waals surface area contributed by atoms with Gasteiger partial charge >= 0.3 is 0 Å². The molecule has 4 nitrogen and oxygen atoms in total. The largest absolute Gasteiger partial charge is 0.455 e. The van der Waals surface area contributed by atoms with Gasteiger partial charge in [-0.3, -0.25) is 0 Å². The zero-order valence-corrected chi connectivity index (χ0v) is 26.8. The quantitative estimate of drug-likeness (QED) is 0.181. The summed E-state index contributed by atoms with van der Waals surface area (Å²) in [5, 5.41) is 11.7. The van der Waals surface area contributed by atoms with Gasteiger partial charge in [0.05, 0.1) is 16.6 Å². The van der Waals surface area contributed by atoms with Crippen molar-refractivity contribution >= 4 is 76.1 Å². The van der Waals surface area contributed by atoms with Gasteiger partial charge in [0, 0.05) is 55.8 Å². The summed E-state index contributed by atoms with van der Waals surface area (Å²) in [6.45, 7) is 0. The van der Waals surface area contributed by atoms with Gasteiger partial charge in [-0.05, 0) is 51.6 Å². The van der Waals surface area contributed by atoms with Gasteiger partial charge in [-0.15, -0.1) is 0 Å². The number of hydrogen-bond acceptors (Lipinski definition) is 3. The second kappa shape index (κ2) is 10.4. The molecule has 4 heteroatoms. The molecule has 0 amide bonds. The minimum absolute atomic E-state index is 0.648. The van der Waals surface area contributed by atoms with Crippen molar-refractivity contribution in [1.82, 2.24) is 14.5 Å². The highest BCUT2D eigenvalue weighted by molar-refractivity contribution is 6.42. The molecule has 11 aromatic rings. The third kappa shape index (κ3) is 3.70. The maximum Gasteiger partial charge on any atom is 0.162 e. The zero-order valence-electron chi connectivity index (χ0n) is 26.8. The lowest BCUT2D eigenvalue weighted by Crippen LogP contribution is -1.96. The number of fused-ring (bicyclic) bond motifs is 15. The molecule has 232 valence electrons. The highest BCUT2D eigenvalue weighted by atomic mass is 16.3. The molecule has 0 radical (unpaired) electrons. The number of furan rings is 1. The molecule has 0 fully saturated rings.